The lowest BCUT2D eigenvalue weighted by Gasteiger charge is -2.27. The highest BCUT2D eigenvalue weighted by Gasteiger charge is 2.11. The van der Waals surface area contributed by atoms with Gasteiger partial charge in [0.1, 0.15) is 0 Å². The second-order valence-electron chi connectivity index (χ2n) is 5.56. The van der Waals surface area contributed by atoms with Gasteiger partial charge in [0.05, 0.1) is 24.4 Å². The normalized spacial score (nSPS) is 16.4. The van der Waals surface area contributed by atoms with Crippen LogP contribution in [0.1, 0.15) is 13.3 Å². The Morgan fingerprint density at radius 2 is 2.00 bits per heavy atom. The van der Waals surface area contributed by atoms with Gasteiger partial charge in [-0.2, -0.15) is 5.10 Å². The molecule has 0 saturated carbocycles. The van der Waals surface area contributed by atoms with Crippen molar-refractivity contribution in [3.8, 4) is 11.3 Å². The maximum atomic E-state index is 4.41. The Bertz CT molecular complexity index is 552. The van der Waals surface area contributed by atoms with Gasteiger partial charge in [0.25, 0.3) is 0 Å². The Kier molecular flexibility index (Phi) is 4.67. The fraction of sp³-hybridized carbons (Fsp3) is 0.600. The topological polar surface area (TPSA) is 50.9 Å². The molecule has 1 fully saturated rings. The van der Waals surface area contributed by atoms with Crippen LogP contribution in [0.25, 0.3) is 11.3 Å². The van der Waals surface area contributed by atoms with Crippen molar-refractivity contribution in [2.24, 2.45) is 0 Å². The molecule has 3 heterocycles. The fourth-order valence-corrected chi connectivity index (χ4v) is 2.77. The highest BCUT2D eigenvalue weighted by Crippen LogP contribution is 2.18. The molecule has 0 radical (unpaired) electrons. The molecule has 0 bridgehead atoms. The lowest BCUT2D eigenvalue weighted by molar-refractivity contribution is 0.233. The van der Waals surface area contributed by atoms with E-state index in [0.717, 1.165) is 63.5 Å². The van der Waals surface area contributed by atoms with E-state index < -0.39 is 0 Å². The largest absolute Gasteiger partial charge is 0.329 e. The van der Waals surface area contributed by atoms with Gasteiger partial charge in [-0.25, -0.2) is 4.98 Å². The van der Waals surface area contributed by atoms with Crippen LogP contribution in [0.5, 0.6) is 0 Å². The molecule has 3 rings (SSSR count). The molecular weight excluding hydrogens is 264 g/mol. The van der Waals surface area contributed by atoms with Crippen LogP contribution in [0.15, 0.2) is 24.9 Å². The third-order valence-corrected chi connectivity index (χ3v) is 3.96. The zero-order chi connectivity index (χ0) is 14.5. The summed E-state index contributed by atoms with van der Waals surface area (Å²) in [5.74, 6) is 0. The van der Waals surface area contributed by atoms with Crippen LogP contribution in [0.2, 0.25) is 0 Å². The van der Waals surface area contributed by atoms with Crippen molar-refractivity contribution in [3.05, 3.63) is 24.9 Å². The van der Waals surface area contributed by atoms with E-state index in [1.54, 1.807) is 0 Å². The quantitative estimate of drug-likeness (QED) is 0.863. The molecular formula is C15H24N6. The maximum Gasteiger partial charge on any atom is 0.0951 e. The molecule has 0 amide bonds. The van der Waals surface area contributed by atoms with Crippen LogP contribution < -0.4 is 5.32 Å². The molecule has 1 aliphatic heterocycles. The van der Waals surface area contributed by atoms with Crippen LogP contribution in [0.3, 0.4) is 0 Å². The Hall–Kier alpha value is -1.66. The summed E-state index contributed by atoms with van der Waals surface area (Å²) in [6.45, 7) is 9.66. The molecule has 6 heteroatoms. The van der Waals surface area contributed by atoms with Gasteiger partial charge in [0.15, 0.2) is 0 Å². The summed E-state index contributed by atoms with van der Waals surface area (Å²) < 4.78 is 4.23. The summed E-state index contributed by atoms with van der Waals surface area (Å²) in [5, 5.41) is 7.80. The first-order valence-electron chi connectivity index (χ1n) is 7.83. The molecule has 2 aromatic rings. The molecule has 0 unspecified atom stereocenters. The molecule has 21 heavy (non-hydrogen) atoms. The van der Waals surface area contributed by atoms with Crippen molar-refractivity contribution in [2.75, 3.05) is 32.7 Å². The number of rotatable bonds is 6. The van der Waals surface area contributed by atoms with E-state index >= 15 is 0 Å². The van der Waals surface area contributed by atoms with E-state index in [1.165, 1.54) is 0 Å². The van der Waals surface area contributed by atoms with E-state index in [1.807, 2.05) is 23.4 Å². The molecule has 1 aliphatic rings. The van der Waals surface area contributed by atoms with Crippen LogP contribution in [-0.2, 0) is 13.1 Å². The molecule has 6 nitrogen and oxygen atoms in total. The first-order valence-corrected chi connectivity index (χ1v) is 7.83. The molecule has 0 aromatic carbocycles. The summed E-state index contributed by atoms with van der Waals surface area (Å²) in [5.41, 5.74) is 2.31. The van der Waals surface area contributed by atoms with Gasteiger partial charge < -0.3 is 9.88 Å². The molecule has 0 spiro atoms. The van der Waals surface area contributed by atoms with Gasteiger partial charge >= 0.3 is 0 Å². The summed E-state index contributed by atoms with van der Waals surface area (Å²) >= 11 is 0. The van der Waals surface area contributed by atoms with E-state index in [-0.39, 0.29) is 0 Å². The van der Waals surface area contributed by atoms with Crippen LogP contribution in [0, 0.1) is 0 Å². The third-order valence-electron chi connectivity index (χ3n) is 3.96. The Morgan fingerprint density at radius 1 is 1.14 bits per heavy atom. The minimum absolute atomic E-state index is 0.967. The highest BCUT2D eigenvalue weighted by atomic mass is 15.3. The first-order chi connectivity index (χ1) is 10.4. The molecule has 114 valence electrons. The van der Waals surface area contributed by atoms with Crippen molar-refractivity contribution >= 4 is 0 Å². The van der Waals surface area contributed by atoms with Crippen molar-refractivity contribution in [1.82, 2.24) is 29.5 Å². The maximum absolute atomic E-state index is 4.41. The van der Waals surface area contributed by atoms with E-state index in [0.29, 0.717) is 0 Å². The predicted molar refractivity (Wildman–Crippen MR) is 83.0 cm³/mol. The minimum Gasteiger partial charge on any atom is -0.329 e. The van der Waals surface area contributed by atoms with Crippen LogP contribution >= 0.6 is 0 Å². The van der Waals surface area contributed by atoms with Crippen molar-refractivity contribution in [2.45, 2.75) is 26.4 Å². The zero-order valence-corrected chi connectivity index (χ0v) is 12.7. The van der Waals surface area contributed by atoms with E-state index in [9.17, 15) is 0 Å². The number of aromatic nitrogens is 4. The Labute approximate surface area is 125 Å². The van der Waals surface area contributed by atoms with Gasteiger partial charge in [0, 0.05) is 57.6 Å². The monoisotopic (exact) mass is 288 g/mol. The van der Waals surface area contributed by atoms with Gasteiger partial charge in [-0.1, -0.05) is 6.92 Å². The van der Waals surface area contributed by atoms with Crippen molar-refractivity contribution in [3.63, 3.8) is 0 Å². The van der Waals surface area contributed by atoms with E-state index in [4.69, 9.17) is 0 Å². The number of hydrogen-bond donors (Lipinski definition) is 1. The fourth-order valence-electron chi connectivity index (χ4n) is 2.77. The van der Waals surface area contributed by atoms with Gasteiger partial charge in [-0.15, -0.1) is 0 Å². The second kappa shape index (κ2) is 6.87. The standard InChI is InChI=1S/C15H24N6/c1-2-5-21-12-14(10-18-21)15-11-17-13-20(15)9-8-19-6-3-16-4-7-19/h10-13,16H,2-9H2,1H3. The predicted octanol–water partition coefficient (Wildman–Crippen LogP) is 1.06. The van der Waals surface area contributed by atoms with Gasteiger partial charge in [0.2, 0.25) is 0 Å². The first kappa shape index (κ1) is 14.3. The molecule has 0 aliphatic carbocycles. The molecule has 0 atom stereocenters. The van der Waals surface area contributed by atoms with Crippen LogP contribution in [0.4, 0.5) is 0 Å². The molecule has 2 aromatic heterocycles. The number of nitrogens with one attached hydrogen (secondary N) is 1. The summed E-state index contributed by atoms with van der Waals surface area (Å²) in [6, 6.07) is 0. The zero-order valence-electron chi connectivity index (χ0n) is 12.7. The van der Waals surface area contributed by atoms with Crippen molar-refractivity contribution < 1.29 is 0 Å². The summed E-state index contributed by atoms with van der Waals surface area (Å²) in [4.78, 5) is 6.81. The number of nitrogens with zero attached hydrogens (tertiary/aromatic N) is 5. The lowest BCUT2D eigenvalue weighted by atomic mass is 10.2. The number of hydrogen-bond acceptors (Lipinski definition) is 4. The average molecular weight is 288 g/mol. The SMILES string of the molecule is CCCn1cc(-c2cncn2CCN2CCNCC2)cn1. The molecule has 1 N–H and O–H groups in total. The number of imidazole rings is 1. The smallest absolute Gasteiger partial charge is 0.0951 e. The number of aryl methyl sites for hydroxylation is 1. The van der Waals surface area contributed by atoms with E-state index in [2.05, 4.69) is 38.0 Å². The molecule has 1 saturated heterocycles. The Balaban J connectivity index is 1.65. The van der Waals surface area contributed by atoms with Gasteiger partial charge in [-0.3, -0.25) is 9.58 Å². The van der Waals surface area contributed by atoms with Gasteiger partial charge in [-0.05, 0) is 6.42 Å². The third kappa shape index (κ3) is 3.51. The Morgan fingerprint density at radius 3 is 2.81 bits per heavy atom. The highest BCUT2D eigenvalue weighted by molar-refractivity contribution is 5.56. The van der Waals surface area contributed by atoms with Crippen LogP contribution in [-0.4, -0.2) is 57.0 Å². The van der Waals surface area contributed by atoms with Crippen molar-refractivity contribution in [1.29, 1.82) is 0 Å². The second-order valence-corrected chi connectivity index (χ2v) is 5.56. The lowest BCUT2D eigenvalue weighted by Crippen LogP contribution is -2.44. The summed E-state index contributed by atoms with van der Waals surface area (Å²) in [7, 11) is 0. The minimum atomic E-state index is 0.967. The summed E-state index contributed by atoms with van der Waals surface area (Å²) in [6.07, 6.45) is 9.01. The number of piperazine rings is 1. The average Bonchev–Trinajstić information content (AvgIpc) is 3.15.